The van der Waals surface area contributed by atoms with Crippen LogP contribution >= 0.6 is 0 Å². The first kappa shape index (κ1) is 14.4. The average Bonchev–Trinajstić information content (AvgIpc) is 2.43. The first-order chi connectivity index (χ1) is 9.58. The fourth-order valence-corrected chi connectivity index (χ4v) is 2.37. The van der Waals surface area contributed by atoms with Crippen LogP contribution in [0.25, 0.3) is 10.8 Å². The average molecular weight is 272 g/mol. The molecule has 0 spiro atoms. The molecule has 0 fully saturated rings. The highest BCUT2D eigenvalue weighted by Gasteiger charge is 2.08. The molecule has 0 aliphatic carbocycles. The number of ether oxygens (including phenoxy) is 1. The second-order valence-electron chi connectivity index (χ2n) is 5.29. The lowest BCUT2D eigenvalue weighted by Crippen LogP contribution is -2.05. The van der Waals surface area contributed by atoms with Gasteiger partial charge < -0.3 is 9.84 Å². The summed E-state index contributed by atoms with van der Waals surface area (Å²) in [5, 5.41) is 11.1. The molecule has 2 aromatic rings. The molecular formula is C17H20O3. The molecule has 1 unspecified atom stereocenters. The fraction of sp³-hybridized carbons (Fsp3) is 0.353. The monoisotopic (exact) mass is 272 g/mol. The third-order valence-electron chi connectivity index (χ3n) is 3.56. The van der Waals surface area contributed by atoms with Gasteiger partial charge in [-0.1, -0.05) is 31.2 Å². The van der Waals surface area contributed by atoms with E-state index in [0.29, 0.717) is 0 Å². The van der Waals surface area contributed by atoms with Gasteiger partial charge in [0.2, 0.25) is 0 Å². The van der Waals surface area contributed by atoms with Crippen LogP contribution in [0, 0.1) is 5.92 Å². The Kier molecular flexibility index (Phi) is 4.61. The van der Waals surface area contributed by atoms with Gasteiger partial charge in [0.05, 0.1) is 7.11 Å². The molecule has 0 radical (unpaired) electrons. The predicted molar refractivity (Wildman–Crippen MR) is 80.2 cm³/mol. The molecule has 0 aromatic heterocycles. The van der Waals surface area contributed by atoms with Crippen LogP contribution in [0.1, 0.15) is 25.3 Å². The van der Waals surface area contributed by atoms with Gasteiger partial charge in [-0.05, 0) is 47.2 Å². The van der Waals surface area contributed by atoms with Gasteiger partial charge in [0.25, 0.3) is 0 Å². The summed E-state index contributed by atoms with van der Waals surface area (Å²) >= 11 is 0. The Morgan fingerprint density at radius 3 is 2.60 bits per heavy atom. The number of carboxylic acids is 1. The van der Waals surface area contributed by atoms with Crippen LogP contribution in [0.15, 0.2) is 36.4 Å². The maximum absolute atomic E-state index is 10.6. The van der Waals surface area contributed by atoms with E-state index in [1.165, 1.54) is 10.9 Å². The highest BCUT2D eigenvalue weighted by Crippen LogP contribution is 2.23. The molecule has 0 saturated carbocycles. The zero-order chi connectivity index (χ0) is 14.5. The summed E-state index contributed by atoms with van der Waals surface area (Å²) in [6, 6.07) is 12.4. The summed E-state index contributed by atoms with van der Waals surface area (Å²) in [6.07, 6.45) is 2.05. The van der Waals surface area contributed by atoms with Gasteiger partial charge in [0, 0.05) is 6.42 Å². The highest BCUT2D eigenvalue weighted by molar-refractivity contribution is 5.84. The lowest BCUT2D eigenvalue weighted by atomic mass is 9.97. The number of rotatable bonds is 6. The van der Waals surface area contributed by atoms with Crippen molar-refractivity contribution in [2.45, 2.75) is 26.2 Å². The number of carbonyl (C=O) groups is 1. The molecule has 0 bridgehead atoms. The molecule has 3 nitrogen and oxygen atoms in total. The van der Waals surface area contributed by atoms with Crippen molar-refractivity contribution < 1.29 is 14.6 Å². The van der Waals surface area contributed by atoms with Crippen LogP contribution < -0.4 is 4.74 Å². The second-order valence-corrected chi connectivity index (χ2v) is 5.29. The van der Waals surface area contributed by atoms with E-state index in [9.17, 15) is 4.79 Å². The van der Waals surface area contributed by atoms with E-state index < -0.39 is 5.97 Å². The van der Waals surface area contributed by atoms with E-state index in [0.717, 1.165) is 24.0 Å². The third-order valence-corrected chi connectivity index (χ3v) is 3.56. The van der Waals surface area contributed by atoms with E-state index >= 15 is 0 Å². The van der Waals surface area contributed by atoms with E-state index in [-0.39, 0.29) is 12.3 Å². The van der Waals surface area contributed by atoms with Crippen molar-refractivity contribution >= 4 is 16.7 Å². The third kappa shape index (κ3) is 3.73. The van der Waals surface area contributed by atoms with E-state index in [2.05, 4.69) is 24.3 Å². The molecule has 2 aromatic carbocycles. The summed E-state index contributed by atoms with van der Waals surface area (Å²) in [7, 11) is 1.67. The summed E-state index contributed by atoms with van der Waals surface area (Å²) in [4.78, 5) is 10.6. The number of carboxylic acid groups (broad SMARTS) is 1. The zero-order valence-corrected chi connectivity index (χ0v) is 11.9. The minimum atomic E-state index is -0.719. The van der Waals surface area contributed by atoms with Gasteiger partial charge in [-0.3, -0.25) is 4.79 Å². The van der Waals surface area contributed by atoms with Gasteiger partial charge in [-0.15, -0.1) is 0 Å². The fourth-order valence-electron chi connectivity index (χ4n) is 2.37. The van der Waals surface area contributed by atoms with Crippen molar-refractivity contribution in [2.75, 3.05) is 7.11 Å². The van der Waals surface area contributed by atoms with E-state index in [4.69, 9.17) is 9.84 Å². The largest absolute Gasteiger partial charge is 0.497 e. The first-order valence-corrected chi connectivity index (χ1v) is 6.87. The minimum absolute atomic E-state index is 0.207. The number of fused-ring (bicyclic) bond motifs is 1. The van der Waals surface area contributed by atoms with E-state index in [1.54, 1.807) is 7.11 Å². The van der Waals surface area contributed by atoms with Crippen molar-refractivity contribution in [2.24, 2.45) is 5.92 Å². The maximum Gasteiger partial charge on any atom is 0.303 e. The number of hydrogen-bond donors (Lipinski definition) is 1. The molecular weight excluding hydrogens is 252 g/mol. The Morgan fingerprint density at radius 2 is 1.90 bits per heavy atom. The summed E-state index contributed by atoms with van der Waals surface area (Å²) in [5.41, 5.74) is 1.25. The molecule has 0 aliphatic rings. The second kappa shape index (κ2) is 6.42. The standard InChI is InChI=1S/C17H20O3/c1-12(9-17(18)19)3-4-13-5-6-15-11-16(20-2)8-7-14(15)10-13/h5-8,10-12H,3-4,9H2,1-2H3,(H,18,19). The number of methoxy groups -OCH3 is 1. The van der Waals surface area contributed by atoms with Crippen molar-refractivity contribution in [3.63, 3.8) is 0 Å². The van der Waals surface area contributed by atoms with Crippen molar-refractivity contribution in [1.82, 2.24) is 0 Å². The van der Waals surface area contributed by atoms with Gasteiger partial charge in [0.15, 0.2) is 0 Å². The van der Waals surface area contributed by atoms with Crippen molar-refractivity contribution in [1.29, 1.82) is 0 Å². The SMILES string of the molecule is COc1ccc2cc(CCC(C)CC(=O)O)ccc2c1. The number of aliphatic carboxylic acids is 1. The van der Waals surface area contributed by atoms with Crippen molar-refractivity contribution in [3.05, 3.63) is 42.0 Å². The van der Waals surface area contributed by atoms with Gasteiger partial charge in [-0.25, -0.2) is 0 Å². The Balaban J connectivity index is 2.06. The van der Waals surface area contributed by atoms with Gasteiger partial charge >= 0.3 is 5.97 Å². The van der Waals surface area contributed by atoms with E-state index in [1.807, 2.05) is 19.1 Å². The lowest BCUT2D eigenvalue weighted by Gasteiger charge is -2.09. The molecule has 3 heteroatoms. The number of benzene rings is 2. The molecule has 106 valence electrons. The van der Waals surface area contributed by atoms with Crippen LogP contribution in [0.2, 0.25) is 0 Å². The van der Waals surface area contributed by atoms with Crippen LogP contribution in [-0.2, 0) is 11.2 Å². The molecule has 0 heterocycles. The highest BCUT2D eigenvalue weighted by atomic mass is 16.5. The predicted octanol–water partition coefficient (Wildman–Crippen LogP) is 3.89. The Labute approximate surface area is 119 Å². The molecule has 0 aliphatic heterocycles. The Morgan fingerprint density at radius 1 is 1.20 bits per heavy atom. The smallest absolute Gasteiger partial charge is 0.303 e. The first-order valence-electron chi connectivity index (χ1n) is 6.87. The number of hydrogen-bond acceptors (Lipinski definition) is 2. The maximum atomic E-state index is 10.6. The zero-order valence-electron chi connectivity index (χ0n) is 11.9. The molecule has 1 atom stereocenters. The van der Waals surface area contributed by atoms with Crippen molar-refractivity contribution in [3.8, 4) is 5.75 Å². The van der Waals surface area contributed by atoms with Gasteiger partial charge in [0.1, 0.15) is 5.75 Å². The summed E-state index contributed by atoms with van der Waals surface area (Å²) in [6.45, 7) is 1.99. The lowest BCUT2D eigenvalue weighted by molar-refractivity contribution is -0.138. The normalized spacial score (nSPS) is 12.3. The van der Waals surface area contributed by atoms with Crippen LogP contribution in [-0.4, -0.2) is 18.2 Å². The molecule has 1 N–H and O–H groups in total. The quantitative estimate of drug-likeness (QED) is 0.867. The molecule has 20 heavy (non-hydrogen) atoms. The van der Waals surface area contributed by atoms with Crippen LogP contribution in [0.4, 0.5) is 0 Å². The van der Waals surface area contributed by atoms with Gasteiger partial charge in [-0.2, -0.15) is 0 Å². The molecule has 0 amide bonds. The summed E-state index contributed by atoms with van der Waals surface area (Å²) < 4.78 is 5.21. The molecule has 2 rings (SSSR count). The molecule has 0 saturated heterocycles. The topological polar surface area (TPSA) is 46.5 Å². The Hall–Kier alpha value is -2.03. The number of aryl methyl sites for hydroxylation is 1. The Bertz CT molecular complexity index is 604. The van der Waals surface area contributed by atoms with Crippen LogP contribution in [0.5, 0.6) is 5.75 Å². The minimum Gasteiger partial charge on any atom is -0.497 e. The summed E-state index contributed by atoms with van der Waals surface area (Å²) in [5.74, 6) is 0.350. The van der Waals surface area contributed by atoms with Crippen LogP contribution in [0.3, 0.4) is 0 Å².